The second kappa shape index (κ2) is 5.87. The maximum atomic E-state index is 5.34. The molecule has 0 radical (unpaired) electrons. The van der Waals surface area contributed by atoms with Gasteiger partial charge < -0.3 is 9.73 Å². The highest BCUT2D eigenvalue weighted by atomic mass is 79.9. The molecule has 2 nitrogen and oxygen atoms in total. The standard InChI is InChI=1S/C13H20BrNO/c1-2-7-15-12(9-10-4-3-5-10)11-6-8-16-13(11)14/h6,8,10,12,15H,2-5,7,9H2,1H3. The number of rotatable bonds is 6. The van der Waals surface area contributed by atoms with Crippen LogP contribution in [0.15, 0.2) is 21.4 Å². The third kappa shape index (κ3) is 2.89. The van der Waals surface area contributed by atoms with Crippen molar-refractivity contribution in [3.63, 3.8) is 0 Å². The van der Waals surface area contributed by atoms with Crippen molar-refractivity contribution in [2.45, 2.75) is 45.1 Å². The van der Waals surface area contributed by atoms with Crippen LogP contribution in [0, 0.1) is 5.92 Å². The van der Waals surface area contributed by atoms with Gasteiger partial charge in [-0.2, -0.15) is 0 Å². The average molecular weight is 286 g/mol. The lowest BCUT2D eigenvalue weighted by Gasteiger charge is -2.30. The molecule has 1 saturated carbocycles. The zero-order valence-corrected chi connectivity index (χ0v) is 11.4. The highest BCUT2D eigenvalue weighted by Crippen LogP contribution is 2.36. The van der Waals surface area contributed by atoms with Crippen molar-refractivity contribution < 1.29 is 4.42 Å². The molecule has 0 bridgehead atoms. The molecule has 1 N–H and O–H groups in total. The predicted molar refractivity (Wildman–Crippen MR) is 69.4 cm³/mol. The van der Waals surface area contributed by atoms with Gasteiger partial charge in [0.1, 0.15) is 0 Å². The zero-order chi connectivity index (χ0) is 11.4. The Morgan fingerprint density at radius 2 is 2.38 bits per heavy atom. The second-order valence-electron chi connectivity index (χ2n) is 4.69. The van der Waals surface area contributed by atoms with Crippen molar-refractivity contribution in [2.75, 3.05) is 6.54 Å². The van der Waals surface area contributed by atoms with Crippen LogP contribution in [0.2, 0.25) is 0 Å². The summed E-state index contributed by atoms with van der Waals surface area (Å²) < 4.78 is 6.22. The molecular formula is C13H20BrNO. The Balaban J connectivity index is 1.98. The van der Waals surface area contributed by atoms with E-state index in [-0.39, 0.29) is 0 Å². The molecule has 0 amide bonds. The van der Waals surface area contributed by atoms with Gasteiger partial charge in [0, 0.05) is 11.6 Å². The van der Waals surface area contributed by atoms with Gasteiger partial charge in [-0.05, 0) is 47.3 Å². The van der Waals surface area contributed by atoms with Crippen molar-refractivity contribution in [1.82, 2.24) is 5.32 Å². The Morgan fingerprint density at radius 1 is 1.56 bits per heavy atom. The minimum absolute atomic E-state index is 0.457. The first-order chi connectivity index (χ1) is 7.81. The van der Waals surface area contributed by atoms with E-state index in [1.165, 1.54) is 37.7 Å². The zero-order valence-electron chi connectivity index (χ0n) is 9.84. The Morgan fingerprint density at radius 3 is 2.88 bits per heavy atom. The summed E-state index contributed by atoms with van der Waals surface area (Å²) in [5, 5.41) is 3.62. The fraction of sp³-hybridized carbons (Fsp3) is 0.692. The summed E-state index contributed by atoms with van der Waals surface area (Å²) in [5.74, 6) is 0.913. The number of hydrogen-bond acceptors (Lipinski definition) is 2. The number of halogens is 1. The van der Waals surface area contributed by atoms with Crippen molar-refractivity contribution >= 4 is 15.9 Å². The lowest BCUT2D eigenvalue weighted by molar-refractivity contribution is 0.260. The molecule has 3 heteroatoms. The van der Waals surface area contributed by atoms with E-state index >= 15 is 0 Å². The Hall–Kier alpha value is -0.280. The molecule has 1 aliphatic rings. The van der Waals surface area contributed by atoms with E-state index < -0.39 is 0 Å². The van der Waals surface area contributed by atoms with Crippen LogP contribution >= 0.6 is 15.9 Å². The van der Waals surface area contributed by atoms with E-state index in [0.717, 1.165) is 17.1 Å². The van der Waals surface area contributed by atoms with Gasteiger partial charge in [0.25, 0.3) is 0 Å². The first-order valence-electron chi connectivity index (χ1n) is 6.27. The molecule has 0 saturated heterocycles. The third-order valence-electron chi connectivity index (χ3n) is 3.46. The molecule has 0 aromatic carbocycles. The van der Waals surface area contributed by atoms with Gasteiger partial charge in [-0.25, -0.2) is 0 Å². The molecule has 1 heterocycles. The van der Waals surface area contributed by atoms with Crippen LogP contribution in [0.1, 0.15) is 50.6 Å². The van der Waals surface area contributed by atoms with E-state index in [9.17, 15) is 0 Å². The Labute approximate surface area is 106 Å². The molecular weight excluding hydrogens is 266 g/mol. The molecule has 1 fully saturated rings. The molecule has 1 atom stereocenters. The van der Waals surface area contributed by atoms with Gasteiger partial charge in [-0.1, -0.05) is 26.2 Å². The smallest absolute Gasteiger partial charge is 0.173 e. The van der Waals surface area contributed by atoms with Crippen molar-refractivity contribution in [3.8, 4) is 0 Å². The average Bonchev–Trinajstić information content (AvgIpc) is 2.62. The topological polar surface area (TPSA) is 25.2 Å². The molecule has 16 heavy (non-hydrogen) atoms. The summed E-state index contributed by atoms with van der Waals surface area (Å²) in [7, 11) is 0. The van der Waals surface area contributed by atoms with E-state index in [2.05, 4.69) is 34.2 Å². The molecule has 2 rings (SSSR count). The summed E-state index contributed by atoms with van der Waals surface area (Å²) in [6, 6.07) is 2.54. The van der Waals surface area contributed by atoms with E-state index in [4.69, 9.17) is 4.42 Å². The van der Waals surface area contributed by atoms with Gasteiger partial charge >= 0.3 is 0 Å². The minimum atomic E-state index is 0.457. The first kappa shape index (κ1) is 12.2. The fourth-order valence-electron chi connectivity index (χ4n) is 2.25. The van der Waals surface area contributed by atoms with Gasteiger partial charge in [0.15, 0.2) is 4.67 Å². The number of furan rings is 1. The van der Waals surface area contributed by atoms with Crippen molar-refractivity contribution in [3.05, 3.63) is 22.6 Å². The summed E-state index contributed by atoms with van der Waals surface area (Å²) >= 11 is 3.48. The molecule has 0 aliphatic heterocycles. The van der Waals surface area contributed by atoms with E-state index in [0.29, 0.717) is 6.04 Å². The van der Waals surface area contributed by atoms with Crippen LogP contribution in [-0.2, 0) is 0 Å². The minimum Gasteiger partial charge on any atom is -0.457 e. The highest BCUT2D eigenvalue weighted by Gasteiger charge is 2.24. The molecule has 1 aromatic heterocycles. The van der Waals surface area contributed by atoms with Gasteiger partial charge in [-0.3, -0.25) is 0 Å². The molecule has 1 aliphatic carbocycles. The Kier molecular flexibility index (Phi) is 4.47. The lowest BCUT2D eigenvalue weighted by Crippen LogP contribution is -2.26. The molecule has 1 unspecified atom stereocenters. The third-order valence-corrected chi connectivity index (χ3v) is 4.10. The first-order valence-corrected chi connectivity index (χ1v) is 7.06. The quantitative estimate of drug-likeness (QED) is 0.844. The van der Waals surface area contributed by atoms with Crippen LogP contribution in [0.5, 0.6) is 0 Å². The van der Waals surface area contributed by atoms with Crippen molar-refractivity contribution in [2.24, 2.45) is 5.92 Å². The van der Waals surface area contributed by atoms with Gasteiger partial charge in [0.2, 0.25) is 0 Å². The summed E-state index contributed by atoms with van der Waals surface area (Å²) in [6.07, 6.45) is 8.41. The SMILES string of the molecule is CCCNC(CC1CCC1)c1ccoc1Br. The maximum absolute atomic E-state index is 5.34. The highest BCUT2D eigenvalue weighted by molar-refractivity contribution is 9.10. The summed E-state index contributed by atoms with van der Waals surface area (Å²) in [5.41, 5.74) is 1.28. The van der Waals surface area contributed by atoms with E-state index in [1.807, 2.05) is 0 Å². The Bertz CT molecular complexity index is 319. The monoisotopic (exact) mass is 285 g/mol. The summed E-state index contributed by atoms with van der Waals surface area (Å²) in [6.45, 7) is 3.28. The van der Waals surface area contributed by atoms with Crippen molar-refractivity contribution in [1.29, 1.82) is 0 Å². The molecule has 0 spiro atoms. The van der Waals surface area contributed by atoms with Gasteiger partial charge in [0.05, 0.1) is 6.26 Å². The van der Waals surface area contributed by atoms with E-state index in [1.54, 1.807) is 6.26 Å². The van der Waals surface area contributed by atoms with Crippen LogP contribution < -0.4 is 5.32 Å². The predicted octanol–water partition coefficient (Wildman–Crippen LogP) is 4.27. The number of hydrogen-bond donors (Lipinski definition) is 1. The van der Waals surface area contributed by atoms with Crippen LogP contribution in [-0.4, -0.2) is 6.54 Å². The second-order valence-corrected chi connectivity index (χ2v) is 5.41. The maximum Gasteiger partial charge on any atom is 0.173 e. The summed E-state index contributed by atoms with van der Waals surface area (Å²) in [4.78, 5) is 0. The fourth-order valence-corrected chi connectivity index (χ4v) is 2.77. The molecule has 1 aromatic rings. The van der Waals surface area contributed by atoms with Crippen LogP contribution in [0.4, 0.5) is 0 Å². The lowest BCUT2D eigenvalue weighted by atomic mass is 9.80. The van der Waals surface area contributed by atoms with Crippen LogP contribution in [0.3, 0.4) is 0 Å². The largest absolute Gasteiger partial charge is 0.457 e. The van der Waals surface area contributed by atoms with Crippen LogP contribution in [0.25, 0.3) is 0 Å². The normalized spacial score (nSPS) is 18.4. The number of nitrogens with one attached hydrogen (secondary N) is 1. The molecule has 90 valence electrons. The van der Waals surface area contributed by atoms with Gasteiger partial charge in [-0.15, -0.1) is 0 Å².